The van der Waals surface area contributed by atoms with Gasteiger partial charge in [0.2, 0.25) is 0 Å². The molecule has 0 amide bonds. The van der Waals surface area contributed by atoms with E-state index in [1.165, 1.54) is 32.1 Å². The molecule has 0 aromatic rings. The van der Waals surface area contributed by atoms with Gasteiger partial charge in [0, 0.05) is 12.1 Å². The maximum Gasteiger partial charge on any atom is 0.351 e. The van der Waals surface area contributed by atoms with Gasteiger partial charge in [-0.25, -0.2) is 4.79 Å². The van der Waals surface area contributed by atoms with Crippen molar-refractivity contribution in [1.29, 1.82) is 0 Å². The van der Waals surface area contributed by atoms with Gasteiger partial charge in [-0.05, 0) is 13.3 Å². The Morgan fingerprint density at radius 1 is 1.20 bits per heavy atom. The monoisotopic (exact) mass is 213 g/mol. The average molecular weight is 213 g/mol. The Morgan fingerprint density at radius 3 is 2.40 bits per heavy atom. The Hall–Kier alpha value is -0.830. The van der Waals surface area contributed by atoms with Crippen LogP contribution < -0.4 is 5.48 Å². The van der Waals surface area contributed by atoms with E-state index in [2.05, 4.69) is 19.0 Å². The van der Waals surface area contributed by atoms with Crippen molar-refractivity contribution in [2.75, 3.05) is 6.54 Å². The van der Waals surface area contributed by atoms with Crippen molar-refractivity contribution in [2.24, 2.45) is 0 Å². The highest BCUT2D eigenvalue weighted by Crippen LogP contribution is 2.04. The van der Waals surface area contributed by atoms with E-state index in [-0.39, 0.29) is 5.97 Å². The largest absolute Gasteiger partial charge is 0.367 e. The zero-order valence-corrected chi connectivity index (χ0v) is 9.97. The van der Waals surface area contributed by atoms with Crippen molar-refractivity contribution in [3.05, 3.63) is 12.2 Å². The zero-order chi connectivity index (χ0) is 11.5. The smallest absolute Gasteiger partial charge is 0.351 e. The molecule has 15 heavy (non-hydrogen) atoms. The van der Waals surface area contributed by atoms with Gasteiger partial charge >= 0.3 is 5.97 Å². The van der Waals surface area contributed by atoms with E-state index in [9.17, 15) is 4.79 Å². The van der Waals surface area contributed by atoms with E-state index in [1.807, 2.05) is 0 Å². The van der Waals surface area contributed by atoms with Gasteiger partial charge in [0.15, 0.2) is 0 Å². The average Bonchev–Trinajstić information content (AvgIpc) is 2.21. The molecule has 1 N–H and O–H groups in total. The molecule has 0 radical (unpaired) electrons. The third kappa shape index (κ3) is 9.47. The number of nitrogens with one attached hydrogen (secondary N) is 1. The number of carbonyl (C=O) groups is 1. The highest BCUT2D eigenvalue weighted by Gasteiger charge is 2.01. The maximum absolute atomic E-state index is 10.9. The SMILES string of the molecule is C=C(C)C(=O)ONCCCCCCCC. The maximum atomic E-state index is 10.9. The molecule has 0 aromatic heterocycles. The van der Waals surface area contributed by atoms with E-state index >= 15 is 0 Å². The molecule has 0 atom stereocenters. The Balaban J connectivity index is 3.11. The summed E-state index contributed by atoms with van der Waals surface area (Å²) in [5.41, 5.74) is 3.07. The van der Waals surface area contributed by atoms with Crippen molar-refractivity contribution in [3.8, 4) is 0 Å². The number of hydroxylamine groups is 1. The lowest BCUT2D eigenvalue weighted by Crippen LogP contribution is -2.21. The van der Waals surface area contributed by atoms with Crippen molar-refractivity contribution >= 4 is 5.97 Å². The minimum Gasteiger partial charge on any atom is -0.367 e. The molecule has 88 valence electrons. The molecule has 0 saturated carbocycles. The van der Waals surface area contributed by atoms with Crippen LogP contribution in [-0.2, 0) is 9.63 Å². The lowest BCUT2D eigenvalue weighted by Gasteiger charge is -2.04. The molecule has 0 aliphatic heterocycles. The van der Waals surface area contributed by atoms with Crippen LogP contribution in [0.15, 0.2) is 12.2 Å². The summed E-state index contributed by atoms with van der Waals surface area (Å²) < 4.78 is 0. The highest BCUT2D eigenvalue weighted by molar-refractivity contribution is 5.86. The number of unbranched alkanes of at least 4 members (excludes halogenated alkanes) is 5. The summed E-state index contributed by atoms with van der Waals surface area (Å²) in [6.45, 7) is 8.06. The fraction of sp³-hybridized carbons (Fsp3) is 0.750. The van der Waals surface area contributed by atoms with E-state index in [1.54, 1.807) is 6.92 Å². The molecular formula is C12H23NO2. The summed E-state index contributed by atoms with van der Waals surface area (Å²) >= 11 is 0. The molecule has 0 fully saturated rings. The third-order valence-corrected chi connectivity index (χ3v) is 2.15. The Labute approximate surface area is 92.8 Å². The Bertz CT molecular complexity index is 190. The molecule has 0 aromatic carbocycles. The lowest BCUT2D eigenvalue weighted by molar-refractivity contribution is -0.146. The molecule has 0 bridgehead atoms. The molecule has 0 spiro atoms. The molecule has 3 heteroatoms. The fourth-order valence-electron chi connectivity index (χ4n) is 1.18. The van der Waals surface area contributed by atoms with Crippen LogP contribution in [0.1, 0.15) is 52.4 Å². The van der Waals surface area contributed by atoms with Crippen LogP contribution in [-0.4, -0.2) is 12.5 Å². The fourth-order valence-corrected chi connectivity index (χ4v) is 1.18. The first kappa shape index (κ1) is 14.2. The zero-order valence-electron chi connectivity index (χ0n) is 9.97. The molecule has 0 unspecified atom stereocenters. The van der Waals surface area contributed by atoms with Crippen LogP contribution in [0.4, 0.5) is 0 Å². The summed E-state index contributed by atoms with van der Waals surface area (Å²) in [5, 5.41) is 0. The molecule has 0 heterocycles. The number of hydrogen-bond donors (Lipinski definition) is 1. The van der Waals surface area contributed by atoms with Gasteiger partial charge in [-0.1, -0.05) is 45.6 Å². The molecule has 0 rings (SSSR count). The van der Waals surface area contributed by atoms with Gasteiger partial charge in [-0.15, -0.1) is 0 Å². The van der Waals surface area contributed by atoms with Gasteiger partial charge in [0.25, 0.3) is 0 Å². The van der Waals surface area contributed by atoms with E-state index in [0.29, 0.717) is 5.57 Å². The van der Waals surface area contributed by atoms with Crippen LogP contribution in [0, 0.1) is 0 Å². The molecule has 0 saturated heterocycles. The van der Waals surface area contributed by atoms with Crippen LogP contribution in [0.2, 0.25) is 0 Å². The minimum atomic E-state index is -0.374. The van der Waals surface area contributed by atoms with Crippen molar-refractivity contribution < 1.29 is 9.63 Å². The summed E-state index contributed by atoms with van der Waals surface area (Å²) in [4.78, 5) is 15.7. The summed E-state index contributed by atoms with van der Waals surface area (Å²) in [6, 6.07) is 0. The predicted octanol–water partition coefficient (Wildman–Crippen LogP) is 2.97. The second-order valence-corrected chi connectivity index (χ2v) is 3.83. The summed E-state index contributed by atoms with van der Waals surface area (Å²) in [6.07, 6.45) is 7.41. The third-order valence-electron chi connectivity index (χ3n) is 2.15. The first-order valence-corrected chi connectivity index (χ1v) is 5.78. The van der Waals surface area contributed by atoms with Crippen LogP contribution in [0.5, 0.6) is 0 Å². The molecule has 0 aliphatic carbocycles. The molecular weight excluding hydrogens is 190 g/mol. The Morgan fingerprint density at radius 2 is 1.80 bits per heavy atom. The molecule has 0 aliphatic rings. The van der Waals surface area contributed by atoms with E-state index in [4.69, 9.17) is 4.84 Å². The van der Waals surface area contributed by atoms with E-state index < -0.39 is 0 Å². The first-order chi connectivity index (χ1) is 7.18. The van der Waals surface area contributed by atoms with E-state index in [0.717, 1.165) is 13.0 Å². The first-order valence-electron chi connectivity index (χ1n) is 5.78. The quantitative estimate of drug-likeness (QED) is 0.363. The minimum absolute atomic E-state index is 0.374. The second-order valence-electron chi connectivity index (χ2n) is 3.83. The standard InChI is InChI=1S/C12H23NO2/c1-4-5-6-7-8-9-10-13-15-12(14)11(2)3/h13H,2,4-10H2,1,3H3. The van der Waals surface area contributed by atoms with Crippen LogP contribution in [0.25, 0.3) is 0 Å². The summed E-state index contributed by atoms with van der Waals surface area (Å²) in [7, 11) is 0. The number of rotatable bonds is 9. The van der Waals surface area contributed by atoms with Crippen LogP contribution in [0.3, 0.4) is 0 Å². The topological polar surface area (TPSA) is 38.3 Å². The van der Waals surface area contributed by atoms with Gasteiger partial charge < -0.3 is 4.84 Å². The van der Waals surface area contributed by atoms with Crippen molar-refractivity contribution in [2.45, 2.75) is 52.4 Å². The lowest BCUT2D eigenvalue weighted by atomic mass is 10.1. The summed E-state index contributed by atoms with van der Waals surface area (Å²) in [5.74, 6) is -0.374. The Kier molecular flexibility index (Phi) is 9.18. The number of hydrogen-bond acceptors (Lipinski definition) is 3. The van der Waals surface area contributed by atoms with Gasteiger partial charge in [-0.2, -0.15) is 5.48 Å². The van der Waals surface area contributed by atoms with Gasteiger partial charge in [0.1, 0.15) is 0 Å². The normalized spacial score (nSPS) is 10.0. The second kappa shape index (κ2) is 9.71. The number of carbonyl (C=O) groups excluding carboxylic acids is 1. The van der Waals surface area contributed by atoms with Gasteiger partial charge in [0.05, 0.1) is 0 Å². The van der Waals surface area contributed by atoms with Crippen molar-refractivity contribution in [3.63, 3.8) is 0 Å². The van der Waals surface area contributed by atoms with Crippen molar-refractivity contribution in [1.82, 2.24) is 5.48 Å². The van der Waals surface area contributed by atoms with Gasteiger partial charge in [-0.3, -0.25) is 0 Å². The molecule has 3 nitrogen and oxygen atoms in total. The highest BCUT2D eigenvalue weighted by atomic mass is 16.7. The predicted molar refractivity (Wildman–Crippen MR) is 62.3 cm³/mol. The van der Waals surface area contributed by atoms with Crippen LogP contribution >= 0.6 is 0 Å².